The summed E-state index contributed by atoms with van der Waals surface area (Å²) in [5, 5.41) is 9.21. The van der Waals surface area contributed by atoms with E-state index in [0.29, 0.717) is 5.70 Å². The Kier molecular flexibility index (Phi) is 7.23. The first-order chi connectivity index (χ1) is 15.1. The molecule has 0 aliphatic rings. The van der Waals surface area contributed by atoms with Gasteiger partial charge in [-0.2, -0.15) is 0 Å². The fourth-order valence-corrected chi connectivity index (χ4v) is 3.84. The number of nitrogens with zero attached hydrogens (tertiary/aromatic N) is 1. The van der Waals surface area contributed by atoms with Crippen molar-refractivity contribution in [1.29, 1.82) is 0 Å². The van der Waals surface area contributed by atoms with Crippen LogP contribution in [0, 0.1) is 0 Å². The molecule has 31 heavy (non-hydrogen) atoms. The lowest BCUT2D eigenvalue weighted by atomic mass is 9.75. The van der Waals surface area contributed by atoms with E-state index < -0.39 is 11.5 Å². The SMILES string of the molecule is C=C(/C=C/C(=O)O)N(/C=C\CC)C(c1ccccc1)(c1ccccc1)c1ccccc1. The average Bonchev–Trinajstić information content (AvgIpc) is 2.82. The molecule has 0 heterocycles. The van der Waals surface area contributed by atoms with Gasteiger partial charge < -0.3 is 10.0 Å². The number of rotatable bonds is 9. The van der Waals surface area contributed by atoms with Crippen LogP contribution in [0.5, 0.6) is 0 Å². The van der Waals surface area contributed by atoms with Crippen molar-refractivity contribution in [2.45, 2.75) is 18.9 Å². The summed E-state index contributed by atoms with van der Waals surface area (Å²) in [6, 6.07) is 30.7. The molecule has 3 aromatic rings. The summed E-state index contributed by atoms with van der Waals surface area (Å²) < 4.78 is 0. The van der Waals surface area contributed by atoms with E-state index in [-0.39, 0.29) is 0 Å². The quantitative estimate of drug-likeness (QED) is 0.254. The van der Waals surface area contributed by atoms with Crippen LogP contribution in [0.4, 0.5) is 0 Å². The maximum Gasteiger partial charge on any atom is 0.328 e. The molecule has 0 fully saturated rings. The molecule has 1 N–H and O–H groups in total. The van der Waals surface area contributed by atoms with E-state index in [1.807, 2.05) is 60.8 Å². The van der Waals surface area contributed by atoms with Gasteiger partial charge in [-0.05, 0) is 29.2 Å². The Bertz CT molecular complexity index is 957. The summed E-state index contributed by atoms with van der Waals surface area (Å²) in [6.45, 7) is 6.32. The van der Waals surface area contributed by atoms with Crippen molar-refractivity contribution in [1.82, 2.24) is 4.90 Å². The van der Waals surface area contributed by atoms with Gasteiger partial charge in [0.15, 0.2) is 0 Å². The number of carbonyl (C=O) groups is 1. The predicted molar refractivity (Wildman–Crippen MR) is 126 cm³/mol. The summed E-state index contributed by atoms with van der Waals surface area (Å²) in [7, 11) is 0. The van der Waals surface area contributed by atoms with Gasteiger partial charge in [-0.25, -0.2) is 4.79 Å². The molecule has 3 aromatic carbocycles. The van der Waals surface area contributed by atoms with Crippen molar-refractivity contribution in [3.05, 3.63) is 144 Å². The summed E-state index contributed by atoms with van der Waals surface area (Å²) in [5.41, 5.74) is 2.99. The van der Waals surface area contributed by atoms with Crippen molar-refractivity contribution in [3.8, 4) is 0 Å². The molecule has 0 aliphatic carbocycles. The van der Waals surface area contributed by atoms with Crippen LogP contribution in [0.1, 0.15) is 30.0 Å². The summed E-state index contributed by atoms with van der Waals surface area (Å²) in [5.74, 6) is -1.01. The molecule has 0 bridgehead atoms. The van der Waals surface area contributed by atoms with Gasteiger partial charge in [0.1, 0.15) is 5.54 Å². The Hall–Kier alpha value is -3.85. The molecule has 0 saturated carbocycles. The number of hydrogen-bond acceptors (Lipinski definition) is 2. The highest BCUT2D eigenvalue weighted by Crippen LogP contribution is 2.44. The predicted octanol–water partition coefficient (Wildman–Crippen LogP) is 6.36. The third kappa shape index (κ3) is 4.67. The van der Waals surface area contributed by atoms with Gasteiger partial charge in [0.2, 0.25) is 0 Å². The second-order valence-corrected chi connectivity index (χ2v) is 7.13. The molecule has 0 aliphatic heterocycles. The van der Waals surface area contributed by atoms with Crippen LogP contribution in [0.2, 0.25) is 0 Å². The molecule has 0 amide bonds. The van der Waals surface area contributed by atoms with E-state index in [9.17, 15) is 9.90 Å². The van der Waals surface area contributed by atoms with Crippen LogP contribution in [-0.2, 0) is 10.3 Å². The van der Waals surface area contributed by atoms with Crippen LogP contribution in [0.3, 0.4) is 0 Å². The minimum Gasteiger partial charge on any atom is -0.478 e. The summed E-state index contributed by atoms with van der Waals surface area (Å²) >= 11 is 0. The normalized spacial score (nSPS) is 11.6. The molecule has 3 nitrogen and oxygen atoms in total. The van der Waals surface area contributed by atoms with Crippen LogP contribution in [0.15, 0.2) is 128 Å². The Balaban J connectivity index is 2.40. The van der Waals surface area contributed by atoms with Gasteiger partial charge in [-0.3, -0.25) is 0 Å². The number of allylic oxidation sites excluding steroid dienone is 2. The zero-order chi connectivity index (χ0) is 22.1. The summed E-state index contributed by atoms with van der Waals surface area (Å²) in [6.07, 6.45) is 7.57. The van der Waals surface area contributed by atoms with Gasteiger partial charge in [0.25, 0.3) is 0 Å². The number of carboxylic acids is 1. The monoisotopic (exact) mass is 409 g/mol. The Morgan fingerprint density at radius 3 is 1.61 bits per heavy atom. The van der Waals surface area contributed by atoms with Gasteiger partial charge in [0, 0.05) is 18.0 Å². The lowest BCUT2D eigenvalue weighted by Crippen LogP contribution is -2.44. The maximum atomic E-state index is 11.2. The highest BCUT2D eigenvalue weighted by Gasteiger charge is 2.41. The van der Waals surface area contributed by atoms with Crippen LogP contribution >= 0.6 is 0 Å². The van der Waals surface area contributed by atoms with Gasteiger partial charge >= 0.3 is 5.97 Å². The van der Waals surface area contributed by atoms with Crippen LogP contribution in [-0.4, -0.2) is 16.0 Å². The molecule has 0 radical (unpaired) electrons. The van der Waals surface area contributed by atoms with E-state index in [1.54, 1.807) is 6.08 Å². The molecule has 0 atom stereocenters. The molecule has 156 valence electrons. The Morgan fingerprint density at radius 2 is 1.26 bits per heavy atom. The zero-order valence-electron chi connectivity index (χ0n) is 17.7. The van der Waals surface area contributed by atoms with E-state index in [1.165, 1.54) is 0 Å². The molecule has 0 aromatic heterocycles. The first kappa shape index (κ1) is 21.8. The minimum absolute atomic E-state index is 0.573. The third-order valence-corrected chi connectivity index (χ3v) is 5.15. The molecule has 0 spiro atoms. The molecule has 3 rings (SSSR count). The fraction of sp³-hybridized carbons (Fsp3) is 0.107. The van der Waals surface area contributed by atoms with Gasteiger partial charge in [-0.1, -0.05) is 111 Å². The van der Waals surface area contributed by atoms with Crippen molar-refractivity contribution < 1.29 is 9.90 Å². The van der Waals surface area contributed by atoms with Crippen LogP contribution < -0.4 is 0 Å². The maximum absolute atomic E-state index is 11.2. The number of carboxylic acid groups (broad SMARTS) is 1. The van der Waals surface area contributed by atoms with E-state index in [2.05, 4.69) is 60.9 Å². The molecule has 0 unspecified atom stereocenters. The number of hydrogen-bond donors (Lipinski definition) is 1. The second-order valence-electron chi connectivity index (χ2n) is 7.13. The Labute approximate surface area is 184 Å². The van der Waals surface area contributed by atoms with Gasteiger partial charge in [-0.15, -0.1) is 0 Å². The largest absolute Gasteiger partial charge is 0.478 e. The number of benzene rings is 3. The van der Waals surface area contributed by atoms with E-state index >= 15 is 0 Å². The highest BCUT2D eigenvalue weighted by molar-refractivity contribution is 5.80. The Morgan fingerprint density at radius 1 is 0.839 bits per heavy atom. The lowest BCUT2D eigenvalue weighted by Gasteiger charge is -2.45. The standard InChI is InChI=1S/C28H27NO2/c1-3-4-22-29(23(2)20-21-27(30)31)28(24-14-8-5-9-15-24,25-16-10-6-11-17-25)26-18-12-7-13-19-26/h4-22H,2-3H2,1H3,(H,30,31)/b21-20+,22-4-. The molecule has 3 heteroatoms. The highest BCUT2D eigenvalue weighted by atomic mass is 16.4. The zero-order valence-corrected chi connectivity index (χ0v) is 17.7. The average molecular weight is 410 g/mol. The van der Waals surface area contributed by atoms with Crippen LogP contribution in [0.25, 0.3) is 0 Å². The first-order valence-corrected chi connectivity index (χ1v) is 10.3. The number of aliphatic carboxylic acids is 1. The lowest BCUT2D eigenvalue weighted by molar-refractivity contribution is -0.131. The molecule has 0 saturated heterocycles. The van der Waals surface area contributed by atoms with Crippen molar-refractivity contribution >= 4 is 5.97 Å². The van der Waals surface area contributed by atoms with E-state index in [0.717, 1.165) is 29.2 Å². The third-order valence-electron chi connectivity index (χ3n) is 5.15. The van der Waals surface area contributed by atoms with Crippen molar-refractivity contribution in [2.24, 2.45) is 0 Å². The van der Waals surface area contributed by atoms with Crippen molar-refractivity contribution in [3.63, 3.8) is 0 Å². The van der Waals surface area contributed by atoms with Gasteiger partial charge in [0.05, 0.1) is 0 Å². The first-order valence-electron chi connectivity index (χ1n) is 10.3. The van der Waals surface area contributed by atoms with Crippen molar-refractivity contribution in [2.75, 3.05) is 0 Å². The summed E-state index contributed by atoms with van der Waals surface area (Å²) in [4.78, 5) is 13.3. The second kappa shape index (κ2) is 10.3. The molecular weight excluding hydrogens is 382 g/mol. The topological polar surface area (TPSA) is 40.5 Å². The smallest absolute Gasteiger partial charge is 0.328 e. The van der Waals surface area contributed by atoms with E-state index in [4.69, 9.17) is 0 Å². The molecular formula is C28H27NO2. The fourth-order valence-electron chi connectivity index (χ4n) is 3.84. The minimum atomic E-state index is -1.01.